The van der Waals surface area contributed by atoms with Crippen molar-refractivity contribution >= 4 is 17.2 Å². The van der Waals surface area contributed by atoms with Gasteiger partial charge in [-0.15, -0.1) is 0 Å². The van der Waals surface area contributed by atoms with Gasteiger partial charge in [0.2, 0.25) is 5.91 Å². The Balaban J connectivity index is 1.29. The van der Waals surface area contributed by atoms with Crippen LogP contribution in [-0.2, 0) is 11.3 Å². The SMILES string of the molecule is CCOc1ccc(CNC(=O)[C@@H]2CCCN(c3nccn4nc(-c5cccc(OC)c5)cc34)C2)cc1. The number of ether oxygens (including phenoxy) is 2. The second kappa shape index (κ2) is 10.7. The van der Waals surface area contributed by atoms with Gasteiger partial charge in [-0.1, -0.05) is 24.3 Å². The highest BCUT2D eigenvalue weighted by Crippen LogP contribution is 2.29. The van der Waals surface area contributed by atoms with Crippen molar-refractivity contribution in [2.75, 3.05) is 31.7 Å². The van der Waals surface area contributed by atoms with Crippen molar-refractivity contribution in [2.24, 2.45) is 5.92 Å². The predicted octanol–water partition coefficient (Wildman–Crippen LogP) is 4.34. The molecular weight excluding hydrogens is 454 g/mol. The lowest BCUT2D eigenvalue weighted by Gasteiger charge is -2.33. The van der Waals surface area contributed by atoms with E-state index in [1.807, 2.05) is 72.2 Å². The van der Waals surface area contributed by atoms with Crippen molar-refractivity contribution in [3.05, 3.63) is 72.6 Å². The van der Waals surface area contributed by atoms with E-state index in [1.165, 1.54) is 0 Å². The molecule has 2 aromatic heterocycles. The van der Waals surface area contributed by atoms with Crippen LogP contribution < -0.4 is 19.7 Å². The van der Waals surface area contributed by atoms with Gasteiger partial charge in [0.05, 0.1) is 25.3 Å². The topological polar surface area (TPSA) is 81.0 Å². The summed E-state index contributed by atoms with van der Waals surface area (Å²) in [7, 11) is 1.66. The van der Waals surface area contributed by atoms with Crippen LogP contribution in [0.2, 0.25) is 0 Å². The van der Waals surface area contributed by atoms with Gasteiger partial charge in [-0.2, -0.15) is 5.10 Å². The number of rotatable bonds is 8. The van der Waals surface area contributed by atoms with Gasteiger partial charge in [-0.25, -0.2) is 9.50 Å². The number of nitrogens with zero attached hydrogens (tertiary/aromatic N) is 4. The molecule has 0 aliphatic carbocycles. The van der Waals surface area contributed by atoms with E-state index in [-0.39, 0.29) is 11.8 Å². The first-order chi connectivity index (χ1) is 17.6. The molecule has 0 radical (unpaired) electrons. The van der Waals surface area contributed by atoms with Crippen molar-refractivity contribution in [2.45, 2.75) is 26.3 Å². The summed E-state index contributed by atoms with van der Waals surface area (Å²) in [6.07, 6.45) is 5.41. The molecule has 1 atom stereocenters. The maximum atomic E-state index is 13.0. The van der Waals surface area contributed by atoms with Crippen LogP contribution in [0.15, 0.2) is 67.0 Å². The molecule has 3 heterocycles. The van der Waals surface area contributed by atoms with Crippen LogP contribution in [0.3, 0.4) is 0 Å². The van der Waals surface area contributed by atoms with Crippen LogP contribution in [0.1, 0.15) is 25.3 Å². The molecule has 0 spiro atoms. The summed E-state index contributed by atoms with van der Waals surface area (Å²) in [4.78, 5) is 19.9. The number of nitrogens with one attached hydrogen (secondary N) is 1. The number of aromatic nitrogens is 3. The minimum atomic E-state index is -0.0933. The minimum Gasteiger partial charge on any atom is -0.497 e. The molecule has 1 fully saturated rings. The standard InChI is InChI=1S/C28H31N5O3/c1-3-36-23-11-9-20(10-12-23)18-30-28(34)22-7-5-14-32(19-22)27-26-17-25(31-33(26)15-13-29-27)21-6-4-8-24(16-21)35-2/h4,6,8-13,15-17,22H,3,5,7,14,18-19H2,1-2H3,(H,30,34)/t22-/m1/s1. The monoisotopic (exact) mass is 485 g/mol. The van der Waals surface area contributed by atoms with Gasteiger partial charge in [-0.3, -0.25) is 4.79 Å². The van der Waals surface area contributed by atoms with Gasteiger partial charge < -0.3 is 19.7 Å². The molecule has 8 nitrogen and oxygen atoms in total. The van der Waals surface area contributed by atoms with Gasteiger partial charge in [0, 0.05) is 37.6 Å². The Morgan fingerprint density at radius 2 is 2.00 bits per heavy atom. The molecule has 1 amide bonds. The molecule has 1 saturated heterocycles. The molecule has 2 aromatic carbocycles. The first-order valence-electron chi connectivity index (χ1n) is 12.4. The molecule has 1 aliphatic heterocycles. The van der Waals surface area contributed by atoms with Crippen LogP contribution in [0, 0.1) is 5.92 Å². The first kappa shape index (κ1) is 23.7. The van der Waals surface area contributed by atoms with Crippen molar-refractivity contribution in [1.29, 1.82) is 0 Å². The molecular formula is C28H31N5O3. The lowest BCUT2D eigenvalue weighted by atomic mass is 9.97. The number of piperidine rings is 1. The molecule has 1 aliphatic rings. The third kappa shape index (κ3) is 5.12. The largest absolute Gasteiger partial charge is 0.497 e. The fourth-order valence-electron chi connectivity index (χ4n) is 4.66. The number of carbonyl (C=O) groups is 1. The Hall–Kier alpha value is -4.07. The van der Waals surface area contributed by atoms with E-state index in [4.69, 9.17) is 14.6 Å². The lowest BCUT2D eigenvalue weighted by molar-refractivity contribution is -0.125. The van der Waals surface area contributed by atoms with E-state index in [2.05, 4.69) is 15.2 Å². The molecule has 1 N–H and O–H groups in total. The number of amides is 1. The van der Waals surface area contributed by atoms with E-state index < -0.39 is 0 Å². The normalized spacial score (nSPS) is 15.6. The zero-order valence-electron chi connectivity index (χ0n) is 20.7. The lowest BCUT2D eigenvalue weighted by Crippen LogP contribution is -2.43. The fraction of sp³-hybridized carbons (Fsp3) is 0.321. The molecule has 0 bridgehead atoms. The van der Waals surface area contributed by atoms with Crippen molar-refractivity contribution in [1.82, 2.24) is 19.9 Å². The summed E-state index contributed by atoms with van der Waals surface area (Å²) in [6.45, 7) is 4.58. The molecule has 0 saturated carbocycles. The molecule has 8 heteroatoms. The van der Waals surface area contributed by atoms with E-state index in [1.54, 1.807) is 13.3 Å². The highest BCUT2D eigenvalue weighted by molar-refractivity contribution is 5.81. The molecule has 5 rings (SSSR count). The zero-order chi connectivity index (χ0) is 24.9. The van der Waals surface area contributed by atoms with Crippen LogP contribution in [-0.4, -0.2) is 47.3 Å². The summed E-state index contributed by atoms with van der Waals surface area (Å²) < 4.78 is 12.7. The van der Waals surface area contributed by atoms with Gasteiger partial charge in [0.15, 0.2) is 5.82 Å². The van der Waals surface area contributed by atoms with Crippen LogP contribution in [0.25, 0.3) is 16.8 Å². The fourth-order valence-corrected chi connectivity index (χ4v) is 4.66. The van der Waals surface area contributed by atoms with E-state index in [9.17, 15) is 4.79 Å². The van der Waals surface area contributed by atoms with E-state index in [0.29, 0.717) is 19.7 Å². The van der Waals surface area contributed by atoms with Crippen LogP contribution in [0.5, 0.6) is 11.5 Å². The van der Waals surface area contributed by atoms with Gasteiger partial charge in [0.1, 0.15) is 17.0 Å². The quantitative estimate of drug-likeness (QED) is 0.400. The third-order valence-electron chi connectivity index (χ3n) is 6.53. The Labute approximate surface area is 210 Å². The van der Waals surface area contributed by atoms with E-state index >= 15 is 0 Å². The van der Waals surface area contributed by atoms with Crippen molar-refractivity contribution in [3.63, 3.8) is 0 Å². The second-order valence-electron chi connectivity index (χ2n) is 8.92. The summed E-state index contributed by atoms with van der Waals surface area (Å²) in [5.41, 5.74) is 3.81. The number of hydrogen-bond acceptors (Lipinski definition) is 6. The maximum Gasteiger partial charge on any atom is 0.225 e. The highest BCUT2D eigenvalue weighted by atomic mass is 16.5. The highest BCUT2D eigenvalue weighted by Gasteiger charge is 2.27. The van der Waals surface area contributed by atoms with Crippen molar-refractivity contribution < 1.29 is 14.3 Å². The van der Waals surface area contributed by atoms with Gasteiger partial charge >= 0.3 is 0 Å². The summed E-state index contributed by atoms with van der Waals surface area (Å²) in [5.74, 6) is 2.46. The molecule has 0 unspecified atom stereocenters. The average molecular weight is 486 g/mol. The Morgan fingerprint density at radius 3 is 2.81 bits per heavy atom. The smallest absolute Gasteiger partial charge is 0.225 e. The minimum absolute atomic E-state index is 0.0751. The number of anilines is 1. The summed E-state index contributed by atoms with van der Waals surface area (Å²) >= 11 is 0. The predicted molar refractivity (Wildman–Crippen MR) is 139 cm³/mol. The molecule has 186 valence electrons. The Bertz CT molecular complexity index is 1330. The Morgan fingerprint density at radius 1 is 1.14 bits per heavy atom. The number of fused-ring (bicyclic) bond motifs is 1. The van der Waals surface area contributed by atoms with Crippen LogP contribution >= 0.6 is 0 Å². The summed E-state index contributed by atoms with van der Waals surface area (Å²) in [6, 6.07) is 17.8. The molecule has 4 aromatic rings. The number of hydrogen-bond donors (Lipinski definition) is 1. The number of benzene rings is 2. The van der Waals surface area contributed by atoms with Gasteiger partial charge in [-0.05, 0) is 55.7 Å². The molecule has 36 heavy (non-hydrogen) atoms. The summed E-state index contributed by atoms with van der Waals surface area (Å²) in [5, 5.41) is 7.86. The maximum absolute atomic E-state index is 13.0. The number of methoxy groups -OCH3 is 1. The van der Waals surface area contributed by atoms with Gasteiger partial charge in [0.25, 0.3) is 0 Å². The van der Waals surface area contributed by atoms with Crippen molar-refractivity contribution in [3.8, 4) is 22.8 Å². The number of carbonyl (C=O) groups excluding carboxylic acids is 1. The van der Waals surface area contributed by atoms with Crippen LogP contribution in [0.4, 0.5) is 5.82 Å². The zero-order valence-corrected chi connectivity index (χ0v) is 20.7. The Kier molecular flexibility index (Phi) is 7.02. The second-order valence-corrected chi connectivity index (χ2v) is 8.92. The average Bonchev–Trinajstić information content (AvgIpc) is 3.37. The van der Waals surface area contributed by atoms with E-state index in [0.717, 1.165) is 59.0 Å². The first-order valence-corrected chi connectivity index (χ1v) is 12.4. The third-order valence-corrected chi connectivity index (χ3v) is 6.53.